The van der Waals surface area contributed by atoms with E-state index >= 15 is 0 Å². The van der Waals surface area contributed by atoms with Crippen LogP contribution in [-0.4, -0.2) is 67.8 Å². The number of quaternary nitrogens is 1. The molecule has 1 saturated heterocycles. The van der Waals surface area contributed by atoms with Crippen LogP contribution in [0.15, 0.2) is 24.3 Å². The molecule has 0 spiro atoms. The zero-order valence-corrected chi connectivity index (χ0v) is 15.6. The van der Waals surface area contributed by atoms with E-state index in [1.807, 2.05) is 26.0 Å². The molecule has 1 fully saturated rings. The number of likely N-dealkylation sites (N-methyl/N-ethyl adjacent to an activating group) is 1. The topological polar surface area (TPSA) is 102 Å². The number of nitro benzene ring substituents is 1. The summed E-state index contributed by atoms with van der Waals surface area (Å²) in [5, 5.41) is 10.7. The van der Waals surface area contributed by atoms with Gasteiger partial charge in [0.05, 0.1) is 32.2 Å². The third-order valence-corrected chi connectivity index (χ3v) is 4.94. The zero-order chi connectivity index (χ0) is 18.7. The molecule has 1 aromatic carbocycles. The Morgan fingerprint density at radius 2 is 2.00 bits per heavy atom. The van der Waals surface area contributed by atoms with Gasteiger partial charge in [-0.3, -0.25) is 19.2 Å². The molecule has 0 amide bonds. The van der Waals surface area contributed by atoms with Gasteiger partial charge >= 0.3 is 7.82 Å². The first-order valence-electron chi connectivity index (χ1n) is 8.01. The highest BCUT2D eigenvalue weighted by atomic mass is 31.2. The Kier molecular flexibility index (Phi) is 6.18. The van der Waals surface area contributed by atoms with Crippen LogP contribution in [0, 0.1) is 10.1 Å². The average Bonchev–Trinajstić information content (AvgIpc) is 2.93. The minimum absolute atomic E-state index is 0.0289. The summed E-state index contributed by atoms with van der Waals surface area (Å²) >= 11 is 0. The lowest BCUT2D eigenvalue weighted by atomic mass is 10.2. The van der Waals surface area contributed by atoms with Crippen LogP contribution in [-0.2, 0) is 13.6 Å². The van der Waals surface area contributed by atoms with E-state index < -0.39 is 18.8 Å². The van der Waals surface area contributed by atoms with Gasteiger partial charge in [-0.2, -0.15) is 0 Å². The van der Waals surface area contributed by atoms with E-state index in [9.17, 15) is 19.6 Å². The molecule has 1 aliphatic rings. The summed E-state index contributed by atoms with van der Waals surface area (Å²) < 4.78 is 22.9. The fourth-order valence-electron chi connectivity index (χ4n) is 2.48. The van der Waals surface area contributed by atoms with Crippen molar-refractivity contribution in [3.05, 3.63) is 34.4 Å². The van der Waals surface area contributed by atoms with Gasteiger partial charge < -0.3 is 14.3 Å². The molecule has 2 rings (SSSR count). The van der Waals surface area contributed by atoms with Gasteiger partial charge in [-0.05, 0) is 18.6 Å². The van der Waals surface area contributed by atoms with E-state index in [-0.39, 0.29) is 12.3 Å². The van der Waals surface area contributed by atoms with E-state index in [2.05, 4.69) is 0 Å². The molecule has 1 aromatic rings. The van der Waals surface area contributed by atoms with Crippen molar-refractivity contribution >= 4 is 19.2 Å². The number of phosphoric acid groups is 1. The molecule has 0 saturated carbocycles. The van der Waals surface area contributed by atoms with Crippen molar-refractivity contribution in [3.63, 3.8) is 0 Å². The first kappa shape index (κ1) is 19.8. The SMILES string of the molecule is C[N+](C)(C)CCOP(=O)(O)OC1CCN(c2ccc([N+](=O)[O-])cc2)C1. The molecule has 25 heavy (non-hydrogen) atoms. The first-order valence-corrected chi connectivity index (χ1v) is 9.51. The molecule has 10 heteroatoms. The molecular weight excluding hydrogens is 349 g/mol. The summed E-state index contributed by atoms with van der Waals surface area (Å²) in [5.41, 5.74) is 0.844. The highest BCUT2D eigenvalue weighted by Gasteiger charge is 2.32. The van der Waals surface area contributed by atoms with Crippen LogP contribution < -0.4 is 4.90 Å². The summed E-state index contributed by atoms with van der Waals surface area (Å²) in [6.07, 6.45) is 0.162. The number of hydrogen-bond acceptors (Lipinski definition) is 6. The highest BCUT2D eigenvalue weighted by molar-refractivity contribution is 7.47. The predicted octanol–water partition coefficient (Wildman–Crippen LogP) is 2.01. The average molecular weight is 374 g/mol. The minimum atomic E-state index is -4.09. The van der Waals surface area contributed by atoms with Crippen LogP contribution in [0.1, 0.15) is 6.42 Å². The summed E-state index contributed by atoms with van der Waals surface area (Å²) in [6, 6.07) is 6.20. The third kappa shape index (κ3) is 6.37. The number of nitrogens with zero attached hydrogens (tertiary/aromatic N) is 3. The van der Waals surface area contributed by atoms with E-state index in [4.69, 9.17) is 9.05 Å². The molecule has 0 aliphatic carbocycles. The number of phosphoric ester groups is 1. The maximum absolute atomic E-state index is 12.0. The molecule has 2 atom stereocenters. The lowest BCUT2D eigenvalue weighted by molar-refractivity contribution is -0.870. The lowest BCUT2D eigenvalue weighted by Gasteiger charge is -2.24. The fraction of sp³-hybridized carbons (Fsp3) is 0.600. The van der Waals surface area contributed by atoms with Crippen LogP contribution in [0.5, 0.6) is 0 Å². The number of nitro groups is 1. The Hall–Kier alpha value is -1.51. The smallest absolute Gasteiger partial charge is 0.369 e. The van der Waals surface area contributed by atoms with Gasteiger partial charge in [0.1, 0.15) is 13.2 Å². The second kappa shape index (κ2) is 7.80. The Labute approximate surface area is 147 Å². The Morgan fingerprint density at radius 3 is 2.56 bits per heavy atom. The lowest BCUT2D eigenvalue weighted by Crippen LogP contribution is -2.37. The molecule has 140 valence electrons. The predicted molar refractivity (Wildman–Crippen MR) is 93.5 cm³/mol. The molecule has 0 bridgehead atoms. The van der Waals surface area contributed by atoms with Crippen LogP contribution >= 0.6 is 7.82 Å². The van der Waals surface area contributed by atoms with Gasteiger partial charge in [0.15, 0.2) is 0 Å². The largest absolute Gasteiger partial charge is 0.472 e. The zero-order valence-electron chi connectivity index (χ0n) is 14.7. The van der Waals surface area contributed by atoms with Crippen LogP contribution in [0.25, 0.3) is 0 Å². The molecule has 0 radical (unpaired) electrons. The number of hydrogen-bond donors (Lipinski definition) is 1. The van der Waals surface area contributed by atoms with Gasteiger partial charge in [-0.25, -0.2) is 4.57 Å². The van der Waals surface area contributed by atoms with Crippen molar-refractivity contribution in [1.82, 2.24) is 0 Å². The van der Waals surface area contributed by atoms with Gasteiger partial charge in [-0.1, -0.05) is 0 Å². The first-order chi connectivity index (χ1) is 11.6. The van der Waals surface area contributed by atoms with E-state index in [1.54, 1.807) is 12.1 Å². The third-order valence-electron chi connectivity index (χ3n) is 3.87. The highest BCUT2D eigenvalue weighted by Crippen LogP contribution is 2.46. The molecule has 0 aromatic heterocycles. The summed E-state index contributed by atoms with van der Waals surface area (Å²) in [7, 11) is 1.80. The number of benzene rings is 1. The van der Waals surface area contributed by atoms with Gasteiger partial charge in [0, 0.05) is 30.9 Å². The number of non-ortho nitro benzene ring substituents is 1. The molecule has 1 N–H and O–H groups in total. The molecule has 9 nitrogen and oxygen atoms in total. The molecular formula is C15H25N3O6P+. The standard InChI is InChI=1S/C15H24N3O6P/c1-18(2,3)10-11-23-25(21,22)24-15-8-9-16(12-15)13-4-6-14(7-5-13)17(19)20/h4-7,15H,8-12H2,1-3H3/p+1. The minimum Gasteiger partial charge on any atom is -0.369 e. The number of anilines is 1. The Morgan fingerprint density at radius 1 is 1.36 bits per heavy atom. The van der Waals surface area contributed by atoms with Gasteiger partial charge in [0.25, 0.3) is 5.69 Å². The van der Waals surface area contributed by atoms with Crippen LogP contribution in [0.3, 0.4) is 0 Å². The Balaban J connectivity index is 1.85. The monoisotopic (exact) mass is 374 g/mol. The van der Waals surface area contributed by atoms with Crippen molar-refractivity contribution in [2.24, 2.45) is 0 Å². The quantitative estimate of drug-likeness (QED) is 0.321. The molecule has 2 unspecified atom stereocenters. The summed E-state index contributed by atoms with van der Waals surface area (Å²) in [4.78, 5) is 22.0. The summed E-state index contributed by atoms with van der Waals surface area (Å²) in [5.74, 6) is 0. The maximum Gasteiger partial charge on any atom is 0.472 e. The van der Waals surface area contributed by atoms with E-state index in [0.29, 0.717) is 30.5 Å². The van der Waals surface area contributed by atoms with Crippen molar-refractivity contribution in [1.29, 1.82) is 0 Å². The number of rotatable bonds is 8. The second-order valence-corrected chi connectivity index (χ2v) is 8.46. The van der Waals surface area contributed by atoms with E-state index in [0.717, 1.165) is 5.69 Å². The van der Waals surface area contributed by atoms with Crippen LogP contribution in [0.2, 0.25) is 0 Å². The normalized spacial score (nSPS) is 20.5. The fourth-order valence-corrected chi connectivity index (χ4v) is 3.40. The van der Waals surface area contributed by atoms with Crippen molar-refractivity contribution in [2.45, 2.75) is 12.5 Å². The second-order valence-electron chi connectivity index (χ2n) is 7.05. The van der Waals surface area contributed by atoms with Gasteiger partial charge in [0.2, 0.25) is 0 Å². The van der Waals surface area contributed by atoms with Crippen molar-refractivity contribution in [2.75, 3.05) is 52.3 Å². The van der Waals surface area contributed by atoms with Crippen LogP contribution in [0.4, 0.5) is 11.4 Å². The Bertz CT molecular complexity index is 646. The summed E-state index contributed by atoms with van der Waals surface area (Å²) in [6.45, 7) is 1.80. The van der Waals surface area contributed by atoms with Crippen molar-refractivity contribution < 1.29 is 27.9 Å². The molecule has 1 heterocycles. The molecule has 1 aliphatic heterocycles. The van der Waals surface area contributed by atoms with Gasteiger partial charge in [-0.15, -0.1) is 0 Å². The maximum atomic E-state index is 12.0. The van der Waals surface area contributed by atoms with E-state index in [1.165, 1.54) is 12.1 Å². The van der Waals surface area contributed by atoms with Crippen molar-refractivity contribution in [3.8, 4) is 0 Å².